The van der Waals surface area contributed by atoms with E-state index in [1.807, 2.05) is 13.8 Å². The Bertz CT molecular complexity index is 456. The van der Waals surface area contributed by atoms with E-state index in [1.54, 1.807) is 0 Å². The zero-order valence-corrected chi connectivity index (χ0v) is 13.5. The predicted molar refractivity (Wildman–Crippen MR) is 85.1 cm³/mol. The molecule has 0 saturated carbocycles. The highest BCUT2D eigenvalue weighted by molar-refractivity contribution is 6.32. The zero-order valence-electron chi connectivity index (χ0n) is 12.8. The van der Waals surface area contributed by atoms with Crippen LogP contribution in [-0.2, 0) is 6.42 Å². The van der Waals surface area contributed by atoms with Gasteiger partial charge in [-0.2, -0.15) is 0 Å². The maximum atomic E-state index is 6.40. The van der Waals surface area contributed by atoms with Crippen LogP contribution in [0.3, 0.4) is 0 Å². The fourth-order valence-corrected chi connectivity index (χ4v) is 2.93. The second-order valence-corrected chi connectivity index (χ2v) is 5.76. The second-order valence-electron chi connectivity index (χ2n) is 5.38. The normalized spacial score (nSPS) is 16.4. The molecule has 0 aromatic heterocycles. The largest absolute Gasteiger partial charge is 0.494 e. The molecule has 4 heteroatoms. The minimum absolute atomic E-state index is 0.696. The number of nitrogens with zero attached hydrogens (tertiary/aromatic N) is 1. The molecule has 3 nitrogen and oxygen atoms in total. The minimum Gasteiger partial charge on any atom is -0.494 e. The molecule has 1 aromatic carbocycles. The van der Waals surface area contributed by atoms with Crippen LogP contribution in [0.25, 0.3) is 0 Å². The zero-order chi connectivity index (χ0) is 14.5. The molecule has 1 aliphatic heterocycles. The molecule has 1 aliphatic rings. The van der Waals surface area contributed by atoms with Gasteiger partial charge in [0.15, 0.2) is 0 Å². The van der Waals surface area contributed by atoms with Gasteiger partial charge in [0.25, 0.3) is 0 Å². The number of hydrogen-bond acceptors (Lipinski definition) is 3. The van der Waals surface area contributed by atoms with Crippen LogP contribution >= 0.6 is 11.6 Å². The summed E-state index contributed by atoms with van der Waals surface area (Å²) < 4.78 is 5.80. The number of ether oxygens (including phenoxy) is 1. The van der Waals surface area contributed by atoms with Crippen LogP contribution in [-0.4, -0.2) is 44.2 Å². The summed E-state index contributed by atoms with van der Waals surface area (Å²) in [6, 6.07) is 2.08. The van der Waals surface area contributed by atoms with Crippen LogP contribution in [0.1, 0.15) is 23.6 Å². The summed E-state index contributed by atoms with van der Waals surface area (Å²) in [4.78, 5) is 2.50. The Morgan fingerprint density at radius 1 is 1.30 bits per heavy atom. The molecule has 0 spiro atoms. The van der Waals surface area contributed by atoms with E-state index in [1.165, 1.54) is 11.1 Å². The Kier molecular flexibility index (Phi) is 5.70. The number of hydrogen-bond donors (Lipinski definition) is 1. The van der Waals surface area contributed by atoms with Crippen LogP contribution < -0.4 is 10.1 Å². The highest BCUT2D eigenvalue weighted by atomic mass is 35.5. The smallest absolute Gasteiger partial charge is 0.123 e. The molecule has 1 heterocycles. The SMILES string of the molecule is CCOc1cc(C)c(Cl)c(C)c1CCN1CCNCC1. The first kappa shape index (κ1) is 15.6. The van der Waals surface area contributed by atoms with Gasteiger partial charge in [0.1, 0.15) is 5.75 Å². The number of rotatable bonds is 5. The van der Waals surface area contributed by atoms with Crippen molar-refractivity contribution in [1.29, 1.82) is 0 Å². The van der Waals surface area contributed by atoms with E-state index in [4.69, 9.17) is 16.3 Å². The summed E-state index contributed by atoms with van der Waals surface area (Å²) in [5.41, 5.74) is 3.53. The van der Waals surface area contributed by atoms with E-state index in [9.17, 15) is 0 Å². The summed E-state index contributed by atoms with van der Waals surface area (Å²) in [7, 11) is 0. The lowest BCUT2D eigenvalue weighted by Crippen LogP contribution is -2.44. The average molecular weight is 297 g/mol. The van der Waals surface area contributed by atoms with Gasteiger partial charge in [0.2, 0.25) is 0 Å². The van der Waals surface area contributed by atoms with E-state index in [0.717, 1.165) is 55.5 Å². The summed E-state index contributed by atoms with van der Waals surface area (Å²) in [5, 5.41) is 4.26. The molecule has 1 N–H and O–H groups in total. The van der Waals surface area contributed by atoms with Crippen molar-refractivity contribution in [1.82, 2.24) is 10.2 Å². The van der Waals surface area contributed by atoms with Crippen molar-refractivity contribution in [3.8, 4) is 5.75 Å². The predicted octanol–water partition coefficient (Wildman–Crippen LogP) is 2.80. The third-order valence-electron chi connectivity index (χ3n) is 3.96. The molecule has 2 rings (SSSR count). The van der Waals surface area contributed by atoms with Crippen molar-refractivity contribution in [2.45, 2.75) is 27.2 Å². The van der Waals surface area contributed by atoms with Gasteiger partial charge < -0.3 is 15.0 Å². The van der Waals surface area contributed by atoms with E-state index in [0.29, 0.717) is 6.61 Å². The second kappa shape index (κ2) is 7.30. The topological polar surface area (TPSA) is 24.5 Å². The molecule has 1 aromatic rings. The molecule has 0 unspecified atom stereocenters. The van der Waals surface area contributed by atoms with Crippen molar-refractivity contribution in [2.24, 2.45) is 0 Å². The van der Waals surface area contributed by atoms with Crippen LogP contribution in [0.4, 0.5) is 0 Å². The molecule has 1 fully saturated rings. The highest BCUT2D eigenvalue weighted by Gasteiger charge is 2.15. The molecule has 1 saturated heterocycles. The molecule has 20 heavy (non-hydrogen) atoms. The number of aryl methyl sites for hydroxylation is 1. The van der Waals surface area contributed by atoms with Crippen LogP contribution in [0.5, 0.6) is 5.75 Å². The van der Waals surface area contributed by atoms with Crippen molar-refractivity contribution < 1.29 is 4.74 Å². The third-order valence-corrected chi connectivity index (χ3v) is 4.54. The Morgan fingerprint density at radius 2 is 2.00 bits per heavy atom. The first-order valence-electron chi connectivity index (χ1n) is 7.48. The molecule has 0 bridgehead atoms. The number of benzene rings is 1. The molecule has 0 amide bonds. The van der Waals surface area contributed by atoms with Crippen LogP contribution in [0, 0.1) is 13.8 Å². The van der Waals surface area contributed by atoms with Gasteiger partial charge >= 0.3 is 0 Å². The van der Waals surface area contributed by atoms with Gasteiger partial charge in [0.05, 0.1) is 6.61 Å². The first-order valence-corrected chi connectivity index (χ1v) is 7.85. The monoisotopic (exact) mass is 296 g/mol. The number of nitrogens with one attached hydrogen (secondary N) is 1. The fraction of sp³-hybridized carbons (Fsp3) is 0.625. The minimum atomic E-state index is 0.696. The van der Waals surface area contributed by atoms with E-state index in [-0.39, 0.29) is 0 Å². The first-order chi connectivity index (χ1) is 9.63. The highest BCUT2D eigenvalue weighted by Crippen LogP contribution is 2.32. The number of halogens is 1. The Morgan fingerprint density at radius 3 is 2.65 bits per heavy atom. The third kappa shape index (κ3) is 3.66. The molecule has 0 atom stereocenters. The summed E-state index contributed by atoms with van der Waals surface area (Å²) in [5.74, 6) is 1.00. The van der Waals surface area contributed by atoms with Crippen molar-refractivity contribution in [3.05, 3.63) is 27.8 Å². The molecular weight excluding hydrogens is 272 g/mol. The average Bonchev–Trinajstić information content (AvgIpc) is 2.46. The van der Waals surface area contributed by atoms with E-state index in [2.05, 4.69) is 23.2 Å². The number of piperazine rings is 1. The van der Waals surface area contributed by atoms with Gasteiger partial charge in [-0.3, -0.25) is 0 Å². The van der Waals surface area contributed by atoms with Gasteiger partial charge in [-0.05, 0) is 49.9 Å². The van der Waals surface area contributed by atoms with Crippen molar-refractivity contribution in [3.63, 3.8) is 0 Å². The quantitative estimate of drug-likeness (QED) is 0.904. The van der Waals surface area contributed by atoms with Gasteiger partial charge in [-0.25, -0.2) is 0 Å². The van der Waals surface area contributed by atoms with Crippen LogP contribution in [0.2, 0.25) is 5.02 Å². The van der Waals surface area contributed by atoms with Gasteiger partial charge in [0, 0.05) is 37.7 Å². The fourth-order valence-electron chi connectivity index (χ4n) is 2.76. The van der Waals surface area contributed by atoms with E-state index < -0.39 is 0 Å². The molecule has 112 valence electrons. The molecule has 0 radical (unpaired) electrons. The maximum Gasteiger partial charge on any atom is 0.123 e. The Hall–Kier alpha value is -0.770. The summed E-state index contributed by atoms with van der Waals surface area (Å²) in [6.07, 6.45) is 1.00. The Balaban J connectivity index is 2.13. The maximum absolute atomic E-state index is 6.40. The Labute approximate surface area is 127 Å². The van der Waals surface area contributed by atoms with Crippen LogP contribution in [0.15, 0.2) is 6.07 Å². The molecule has 0 aliphatic carbocycles. The lowest BCUT2D eigenvalue weighted by Gasteiger charge is -2.27. The van der Waals surface area contributed by atoms with Crippen molar-refractivity contribution in [2.75, 3.05) is 39.3 Å². The van der Waals surface area contributed by atoms with E-state index >= 15 is 0 Å². The van der Waals surface area contributed by atoms with Crippen molar-refractivity contribution >= 4 is 11.6 Å². The van der Waals surface area contributed by atoms with Gasteiger partial charge in [-0.15, -0.1) is 0 Å². The summed E-state index contributed by atoms with van der Waals surface area (Å²) in [6.45, 7) is 12.4. The summed E-state index contributed by atoms with van der Waals surface area (Å²) >= 11 is 6.40. The standard InChI is InChI=1S/C16H25ClN2O/c1-4-20-15-11-12(2)16(17)13(3)14(15)5-8-19-9-6-18-7-10-19/h11,18H,4-10H2,1-3H3. The lowest BCUT2D eigenvalue weighted by molar-refractivity contribution is 0.242. The molecular formula is C16H25ClN2O. The van der Waals surface area contributed by atoms with Gasteiger partial charge in [-0.1, -0.05) is 11.6 Å². The lowest BCUT2D eigenvalue weighted by atomic mass is 10.0.